The quantitative estimate of drug-likeness (QED) is 0.475. The van der Waals surface area contributed by atoms with Crippen LogP contribution in [0.3, 0.4) is 0 Å². The first-order valence-corrected chi connectivity index (χ1v) is 11.7. The molecule has 1 aromatic heterocycles. The molecule has 0 amide bonds. The van der Waals surface area contributed by atoms with Gasteiger partial charge in [0.25, 0.3) is 0 Å². The number of aromatic hydroxyl groups is 2. The van der Waals surface area contributed by atoms with Crippen LogP contribution in [0.15, 0.2) is 52.0 Å². The Bertz CT molecular complexity index is 997. The van der Waals surface area contributed by atoms with Crippen molar-refractivity contribution in [2.45, 2.75) is 74.5 Å². The van der Waals surface area contributed by atoms with Crippen molar-refractivity contribution < 1.29 is 18.6 Å². The molecule has 1 heterocycles. The predicted molar refractivity (Wildman–Crippen MR) is 113 cm³/mol. The Kier molecular flexibility index (Phi) is 6.63. The zero-order valence-electron chi connectivity index (χ0n) is 17.1. The highest BCUT2D eigenvalue weighted by atomic mass is 32.2. The maximum Gasteiger partial charge on any atom is 0.212 e. The van der Waals surface area contributed by atoms with E-state index in [4.69, 9.17) is 0 Å². The minimum absolute atomic E-state index is 0.0323. The molecule has 3 rings (SSSR count). The number of unbranched alkanes of at least 4 members (excludes halogenated alkanes) is 2. The van der Waals surface area contributed by atoms with Crippen LogP contribution in [-0.2, 0) is 16.3 Å². The predicted octanol–water partition coefficient (Wildman–Crippen LogP) is 5.27. The van der Waals surface area contributed by atoms with Gasteiger partial charge in [-0.25, -0.2) is 8.42 Å². The van der Waals surface area contributed by atoms with E-state index in [0.717, 1.165) is 38.5 Å². The lowest BCUT2D eigenvalue weighted by molar-refractivity contribution is 0.416. The molecule has 2 aromatic rings. The Hall–Kier alpha value is -2.34. The number of benzene rings is 1. The van der Waals surface area contributed by atoms with Gasteiger partial charge in [0, 0.05) is 23.9 Å². The van der Waals surface area contributed by atoms with Crippen LogP contribution in [0, 0.1) is 0 Å². The number of hydrogen-bond acceptors (Lipinski definition) is 5. The number of phenolic OH excluding ortho intramolecular Hbond substituents is 2. The minimum Gasteiger partial charge on any atom is -0.507 e. The molecule has 156 valence electrons. The Morgan fingerprint density at radius 2 is 2.03 bits per heavy atom. The van der Waals surface area contributed by atoms with E-state index in [1.54, 1.807) is 6.07 Å². The number of sulfone groups is 1. The van der Waals surface area contributed by atoms with Crippen molar-refractivity contribution in [3.8, 4) is 11.5 Å². The highest BCUT2D eigenvalue weighted by Gasteiger charge is 2.31. The number of allylic oxidation sites excluding steroid dienone is 2. The minimum atomic E-state index is -3.97. The van der Waals surface area contributed by atoms with Crippen LogP contribution in [0.2, 0.25) is 0 Å². The van der Waals surface area contributed by atoms with E-state index < -0.39 is 9.84 Å². The summed E-state index contributed by atoms with van der Waals surface area (Å²) in [5.41, 5.74) is 1.95. The highest BCUT2D eigenvalue weighted by molar-refractivity contribution is 7.91. The van der Waals surface area contributed by atoms with E-state index in [1.807, 2.05) is 13.0 Å². The van der Waals surface area contributed by atoms with E-state index in [-0.39, 0.29) is 27.2 Å². The number of rotatable bonds is 7. The lowest BCUT2D eigenvalue weighted by atomic mass is 9.84. The molecule has 6 heteroatoms. The molecule has 0 saturated heterocycles. The third-order valence-corrected chi connectivity index (χ3v) is 7.41. The van der Waals surface area contributed by atoms with Crippen LogP contribution in [0.1, 0.15) is 69.4 Å². The monoisotopic (exact) mass is 415 g/mol. The molecule has 29 heavy (non-hydrogen) atoms. The average molecular weight is 416 g/mol. The molecule has 0 saturated carbocycles. The van der Waals surface area contributed by atoms with Gasteiger partial charge in [0.15, 0.2) is 0 Å². The van der Waals surface area contributed by atoms with Crippen molar-refractivity contribution in [3.05, 3.63) is 53.4 Å². The topological polar surface area (TPSA) is 87.5 Å². The normalized spacial score (nSPS) is 17.2. The fraction of sp³-hybridized carbons (Fsp3) is 0.435. The fourth-order valence-electron chi connectivity index (χ4n) is 4.08. The van der Waals surface area contributed by atoms with Crippen LogP contribution in [0.5, 0.6) is 11.5 Å². The Labute approximate surface area is 173 Å². The van der Waals surface area contributed by atoms with Gasteiger partial charge in [0.1, 0.15) is 16.4 Å². The molecule has 0 fully saturated rings. The van der Waals surface area contributed by atoms with E-state index in [9.17, 15) is 18.6 Å². The van der Waals surface area contributed by atoms with E-state index in [2.05, 4.69) is 11.9 Å². The van der Waals surface area contributed by atoms with Gasteiger partial charge in [0.2, 0.25) is 9.84 Å². The maximum atomic E-state index is 13.4. The number of hydrogen-bond donors (Lipinski definition) is 2. The number of pyridine rings is 1. The van der Waals surface area contributed by atoms with Crippen LogP contribution < -0.4 is 0 Å². The lowest BCUT2D eigenvalue weighted by Gasteiger charge is -2.24. The molecule has 0 radical (unpaired) electrons. The highest BCUT2D eigenvalue weighted by Crippen LogP contribution is 2.46. The van der Waals surface area contributed by atoms with Gasteiger partial charge in [-0.1, -0.05) is 31.4 Å². The smallest absolute Gasteiger partial charge is 0.212 e. The standard InChI is InChI=1S/C23H29NO4S/c1-3-4-5-9-18-14-20(25)21(17-10-6-8-16(2)13-17)22(26)23(18)29(27,28)19-11-7-12-24-15-19/h7,11-15,17,25-26H,3-6,8-10H2,1-2H3. The summed E-state index contributed by atoms with van der Waals surface area (Å²) in [4.78, 5) is 3.88. The van der Waals surface area contributed by atoms with Crippen LogP contribution in [0.4, 0.5) is 0 Å². The molecule has 2 N–H and O–H groups in total. The van der Waals surface area contributed by atoms with Crippen LogP contribution >= 0.6 is 0 Å². The average Bonchev–Trinajstić information content (AvgIpc) is 2.68. The summed E-state index contributed by atoms with van der Waals surface area (Å²) in [6.45, 7) is 4.09. The summed E-state index contributed by atoms with van der Waals surface area (Å²) < 4.78 is 26.8. The summed E-state index contributed by atoms with van der Waals surface area (Å²) in [5, 5.41) is 21.9. The van der Waals surface area contributed by atoms with E-state index >= 15 is 0 Å². The van der Waals surface area contributed by atoms with Gasteiger partial charge in [-0.3, -0.25) is 4.98 Å². The molecule has 0 aliphatic heterocycles. The Morgan fingerprint density at radius 3 is 2.69 bits per heavy atom. The van der Waals surface area contributed by atoms with Gasteiger partial charge in [0.05, 0.1) is 4.90 Å². The third kappa shape index (κ3) is 4.47. The van der Waals surface area contributed by atoms with Gasteiger partial charge in [-0.15, -0.1) is 0 Å². The van der Waals surface area contributed by atoms with E-state index in [1.165, 1.54) is 30.1 Å². The van der Waals surface area contributed by atoms with Crippen molar-refractivity contribution in [2.24, 2.45) is 0 Å². The summed E-state index contributed by atoms with van der Waals surface area (Å²) >= 11 is 0. The first-order chi connectivity index (χ1) is 13.9. The Morgan fingerprint density at radius 1 is 1.24 bits per heavy atom. The van der Waals surface area contributed by atoms with Crippen LogP contribution in [0.25, 0.3) is 0 Å². The first-order valence-electron chi connectivity index (χ1n) is 10.3. The number of phenols is 2. The summed E-state index contributed by atoms with van der Waals surface area (Å²) in [5.74, 6) is -0.553. The van der Waals surface area contributed by atoms with Crippen molar-refractivity contribution >= 4 is 9.84 Å². The van der Waals surface area contributed by atoms with Gasteiger partial charge in [-0.05, 0) is 62.8 Å². The van der Waals surface area contributed by atoms with Gasteiger partial charge in [-0.2, -0.15) is 0 Å². The zero-order chi connectivity index (χ0) is 21.0. The number of aromatic nitrogens is 1. The largest absolute Gasteiger partial charge is 0.507 e. The molecule has 0 bridgehead atoms. The van der Waals surface area contributed by atoms with Gasteiger partial charge < -0.3 is 10.2 Å². The summed E-state index contributed by atoms with van der Waals surface area (Å²) in [6.07, 6.45) is 10.7. The fourth-order valence-corrected chi connectivity index (χ4v) is 5.65. The molecular weight excluding hydrogens is 386 g/mol. The molecule has 1 atom stereocenters. The first kappa shape index (κ1) is 21.4. The zero-order valence-corrected chi connectivity index (χ0v) is 17.9. The second kappa shape index (κ2) is 8.99. The van der Waals surface area contributed by atoms with Crippen LogP contribution in [-0.4, -0.2) is 23.6 Å². The van der Waals surface area contributed by atoms with Crippen molar-refractivity contribution in [3.63, 3.8) is 0 Å². The summed E-state index contributed by atoms with van der Waals surface area (Å²) in [7, 11) is -3.97. The molecule has 1 aliphatic carbocycles. The van der Waals surface area contributed by atoms with Crippen molar-refractivity contribution in [1.82, 2.24) is 4.98 Å². The molecule has 0 spiro atoms. The summed E-state index contributed by atoms with van der Waals surface area (Å²) in [6, 6.07) is 4.58. The molecular formula is C23H29NO4S. The number of aryl methyl sites for hydroxylation is 1. The molecule has 5 nitrogen and oxygen atoms in total. The van der Waals surface area contributed by atoms with E-state index in [0.29, 0.717) is 17.5 Å². The van der Waals surface area contributed by atoms with Crippen molar-refractivity contribution in [2.75, 3.05) is 0 Å². The second-order valence-electron chi connectivity index (χ2n) is 7.81. The number of nitrogens with zero attached hydrogens (tertiary/aromatic N) is 1. The lowest BCUT2D eigenvalue weighted by Crippen LogP contribution is -2.11. The Balaban J connectivity index is 2.20. The van der Waals surface area contributed by atoms with Crippen molar-refractivity contribution in [1.29, 1.82) is 0 Å². The molecule has 1 aliphatic rings. The maximum absolute atomic E-state index is 13.4. The molecule has 1 aromatic carbocycles. The molecule has 1 unspecified atom stereocenters. The SMILES string of the molecule is CCCCCc1cc(O)c(C2C=C(C)CCC2)c(O)c1S(=O)(=O)c1cccnc1. The third-order valence-electron chi connectivity index (χ3n) is 5.55. The second-order valence-corrected chi connectivity index (χ2v) is 9.69. The van der Waals surface area contributed by atoms with Gasteiger partial charge >= 0.3 is 0 Å².